The molecule has 0 unspecified atom stereocenters. The second-order valence-electron chi connectivity index (χ2n) is 5.57. The van der Waals surface area contributed by atoms with Gasteiger partial charge in [0.25, 0.3) is 0 Å². The van der Waals surface area contributed by atoms with Gasteiger partial charge in [-0.05, 0) is 38.0 Å². The van der Waals surface area contributed by atoms with Crippen LogP contribution < -0.4 is 0 Å². The number of imidazole rings is 1. The summed E-state index contributed by atoms with van der Waals surface area (Å²) in [6.45, 7) is 1.09. The van der Waals surface area contributed by atoms with Crippen molar-refractivity contribution in [3.63, 3.8) is 0 Å². The zero-order chi connectivity index (χ0) is 12.6. The van der Waals surface area contributed by atoms with E-state index in [4.69, 9.17) is 0 Å². The topological polar surface area (TPSA) is 52.0 Å². The highest BCUT2D eigenvalue weighted by Crippen LogP contribution is 2.24. The molecule has 1 saturated heterocycles. The number of aryl methyl sites for hydroxylation is 1. The first kappa shape index (κ1) is 12.2. The molecule has 1 fully saturated rings. The molecular formula is C13H20N2O2S. The fourth-order valence-electron chi connectivity index (χ4n) is 3.07. The highest BCUT2D eigenvalue weighted by atomic mass is 32.2. The lowest BCUT2D eigenvalue weighted by atomic mass is 9.98. The second kappa shape index (κ2) is 4.68. The van der Waals surface area contributed by atoms with E-state index in [1.54, 1.807) is 0 Å². The van der Waals surface area contributed by atoms with E-state index in [2.05, 4.69) is 9.55 Å². The minimum atomic E-state index is -2.74. The average Bonchev–Trinajstić information content (AvgIpc) is 2.76. The lowest BCUT2D eigenvalue weighted by Crippen LogP contribution is -2.25. The summed E-state index contributed by atoms with van der Waals surface area (Å²) >= 11 is 0. The molecule has 0 spiro atoms. The van der Waals surface area contributed by atoms with Gasteiger partial charge in [-0.25, -0.2) is 13.4 Å². The van der Waals surface area contributed by atoms with Crippen LogP contribution in [0.3, 0.4) is 0 Å². The zero-order valence-electron chi connectivity index (χ0n) is 10.6. The maximum atomic E-state index is 11.4. The van der Waals surface area contributed by atoms with E-state index in [-0.39, 0.29) is 0 Å². The molecule has 0 aliphatic carbocycles. The summed E-state index contributed by atoms with van der Waals surface area (Å²) in [5.74, 6) is 2.41. The highest BCUT2D eigenvalue weighted by molar-refractivity contribution is 7.91. The first-order valence-corrected chi connectivity index (χ1v) is 8.70. The van der Waals surface area contributed by atoms with E-state index < -0.39 is 9.84 Å². The van der Waals surface area contributed by atoms with Crippen LogP contribution in [0, 0.1) is 5.92 Å². The number of rotatable bonds is 2. The molecule has 2 aliphatic rings. The predicted octanol–water partition coefficient (Wildman–Crippen LogP) is 1.59. The molecule has 5 heteroatoms. The van der Waals surface area contributed by atoms with Crippen molar-refractivity contribution in [3.05, 3.63) is 17.7 Å². The monoisotopic (exact) mass is 268 g/mol. The molecule has 3 heterocycles. The Morgan fingerprint density at radius 2 is 2.06 bits per heavy atom. The molecule has 100 valence electrons. The molecule has 0 radical (unpaired) electrons. The van der Waals surface area contributed by atoms with Gasteiger partial charge in [-0.2, -0.15) is 0 Å². The van der Waals surface area contributed by atoms with Gasteiger partial charge < -0.3 is 4.57 Å². The summed E-state index contributed by atoms with van der Waals surface area (Å²) in [7, 11) is -2.74. The number of aromatic nitrogens is 2. The summed E-state index contributed by atoms with van der Waals surface area (Å²) in [5, 5.41) is 0. The van der Waals surface area contributed by atoms with Crippen molar-refractivity contribution in [2.75, 3.05) is 11.5 Å². The molecule has 0 amide bonds. The van der Waals surface area contributed by atoms with Gasteiger partial charge in [-0.1, -0.05) is 0 Å². The smallest absolute Gasteiger partial charge is 0.150 e. The molecule has 18 heavy (non-hydrogen) atoms. The van der Waals surface area contributed by atoms with E-state index in [1.165, 1.54) is 24.4 Å². The number of sulfone groups is 1. The zero-order valence-corrected chi connectivity index (χ0v) is 11.5. The largest absolute Gasteiger partial charge is 0.332 e. The van der Waals surface area contributed by atoms with Gasteiger partial charge in [0, 0.05) is 24.9 Å². The maximum Gasteiger partial charge on any atom is 0.150 e. The molecule has 1 aromatic heterocycles. The number of fused-ring (bicyclic) bond motifs is 1. The SMILES string of the molecule is O=S1(=O)CCC(Cc2ncc3n2CCCC3)CC1. The Bertz CT molecular complexity index is 519. The molecule has 0 saturated carbocycles. The molecule has 3 rings (SSSR count). The van der Waals surface area contributed by atoms with E-state index in [9.17, 15) is 8.42 Å². The predicted molar refractivity (Wildman–Crippen MR) is 70.2 cm³/mol. The van der Waals surface area contributed by atoms with Crippen LogP contribution in [0.2, 0.25) is 0 Å². The van der Waals surface area contributed by atoms with Gasteiger partial charge in [-0.15, -0.1) is 0 Å². The molecule has 1 aromatic rings. The van der Waals surface area contributed by atoms with E-state index in [0.717, 1.165) is 32.2 Å². The fourth-order valence-corrected chi connectivity index (χ4v) is 4.66. The van der Waals surface area contributed by atoms with Gasteiger partial charge >= 0.3 is 0 Å². The van der Waals surface area contributed by atoms with Crippen LogP contribution in [0.1, 0.15) is 37.2 Å². The summed E-state index contributed by atoms with van der Waals surface area (Å²) in [6.07, 6.45) is 8.24. The third kappa shape index (κ3) is 2.46. The Labute approximate surface area is 108 Å². The summed E-state index contributed by atoms with van der Waals surface area (Å²) in [5.41, 5.74) is 1.36. The van der Waals surface area contributed by atoms with Gasteiger partial charge in [0.15, 0.2) is 0 Å². The first-order valence-electron chi connectivity index (χ1n) is 6.88. The molecule has 0 bridgehead atoms. The van der Waals surface area contributed by atoms with E-state index in [1.807, 2.05) is 6.20 Å². The molecular weight excluding hydrogens is 248 g/mol. The minimum absolute atomic E-state index is 0.366. The molecule has 0 atom stereocenters. The van der Waals surface area contributed by atoms with Crippen molar-refractivity contribution >= 4 is 9.84 Å². The van der Waals surface area contributed by atoms with Crippen LogP contribution in [0.25, 0.3) is 0 Å². The van der Waals surface area contributed by atoms with Crippen molar-refractivity contribution in [1.82, 2.24) is 9.55 Å². The Balaban J connectivity index is 1.68. The molecule has 4 nitrogen and oxygen atoms in total. The van der Waals surface area contributed by atoms with Crippen molar-refractivity contribution in [2.45, 2.75) is 45.1 Å². The Hall–Kier alpha value is -0.840. The van der Waals surface area contributed by atoms with Crippen LogP contribution >= 0.6 is 0 Å². The van der Waals surface area contributed by atoms with Gasteiger partial charge in [0.2, 0.25) is 0 Å². The summed E-state index contributed by atoms with van der Waals surface area (Å²) < 4.78 is 25.2. The van der Waals surface area contributed by atoms with E-state index in [0.29, 0.717) is 17.4 Å². The number of hydrogen-bond donors (Lipinski definition) is 0. The first-order chi connectivity index (χ1) is 8.64. The fraction of sp³-hybridized carbons (Fsp3) is 0.769. The molecule has 2 aliphatic heterocycles. The minimum Gasteiger partial charge on any atom is -0.332 e. The summed E-state index contributed by atoms with van der Waals surface area (Å²) in [4.78, 5) is 4.54. The number of hydrogen-bond acceptors (Lipinski definition) is 3. The van der Waals surface area contributed by atoms with Gasteiger partial charge in [0.1, 0.15) is 15.7 Å². The summed E-state index contributed by atoms with van der Waals surface area (Å²) in [6, 6.07) is 0. The third-order valence-electron chi connectivity index (χ3n) is 4.23. The van der Waals surface area contributed by atoms with Crippen LogP contribution in [0.15, 0.2) is 6.20 Å². The van der Waals surface area contributed by atoms with E-state index >= 15 is 0 Å². The second-order valence-corrected chi connectivity index (χ2v) is 7.88. The molecule has 0 N–H and O–H groups in total. The van der Waals surface area contributed by atoms with Crippen LogP contribution in [0.4, 0.5) is 0 Å². The molecule has 0 aromatic carbocycles. The van der Waals surface area contributed by atoms with Gasteiger partial charge in [0.05, 0.1) is 11.5 Å². The van der Waals surface area contributed by atoms with Crippen LogP contribution in [-0.4, -0.2) is 29.5 Å². The normalized spacial score (nSPS) is 23.8. The van der Waals surface area contributed by atoms with Crippen molar-refractivity contribution in [1.29, 1.82) is 0 Å². The van der Waals surface area contributed by atoms with Crippen LogP contribution in [0.5, 0.6) is 0 Å². The Morgan fingerprint density at radius 1 is 1.28 bits per heavy atom. The standard InChI is InChI=1S/C13H20N2O2S/c16-18(17)7-4-11(5-8-18)9-13-14-10-12-3-1-2-6-15(12)13/h10-11H,1-9H2. The lowest BCUT2D eigenvalue weighted by molar-refractivity contribution is 0.432. The Morgan fingerprint density at radius 3 is 2.83 bits per heavy atom. The number of nitrogens with zero attached hydrogens (tertiary/aromatic N) is 2. The maximum absolute atomic E-state index is 11.4. The van der Waals surface area contributed by atoms with Crippen molar-refractivity contribution < 1.29 is 8.42 Å². The van der Waals surface area contributed by atoms with Crippen molar-refractivity contribution in [2.24, 2.45) is 5.92 Å². The van der Waals surface area contributed by atoms with Crippen molar-refractivity contribution in [3.8, 4) is 0 Å². The van der Waals surface area contributed by atoms with Gasteiger partial charge in [-0.3, -0.25) is 0 Å². The highest BCUT2D eigenvalue weighted by Gasteiger charge is 2.25. The third-order valence-corrected chi connectivity index (χ3v) is 5.95. The Kier molecular flexibility index (Phi) is 3.18. The lowest BCUT2D eigenvalue weighted by Gasteiger charge is -2.23. The quantitative estimate of drug-likeness (QED) is 0.818. The average molecular weight is 268 g/mol. The van der Waals surface area contributed by atoms with Crippen LogP contribution in [-0.2, 0) is 29.2 Å².